The van der Waals surface area contributed by atoms with Gasteiger partial charge in [-0.05, 0) is 70.6 Å². The van der Waals surface area contributed by atoms with Crippen molar-refractivity contribution in [1.82, 2.24) is 5.32 Å². The Hall–Kier alpha value is -2.44. The molecule has 3 unspecified atom stereocenters. The normalized spacial score (nSPS) is 13.7. The van der Waals surface area contributed by atoms with Crippen LogP contribution >= 0.6 is 0 Å². The van der Waals surface area contributed by atoms with E-state index in [1.165, 1.54) is 128 Å². The first-order chi connectivity index (χ1) is 30.0. The Morgan fingerprint density at radius 1 is 0.475 bits per heavy atom. The van der Waals surface area contributed by atoms with Crippen LogP contribution in [0.3, 0.4) is 0 Å². The third-order valence-electron chi connectivity index (χ3n) is 11.7. The van der Waals surface area contributed by atoms with Crippen LogP contribution in [0.25, 0.3) is 0 Å². The third kappa shape index (κ3) is 44.0. The van der Waals surface area contributed by atoms with E-state index in [2.05, 4.69) is 86.8 Å². The number of hydrogen-bond donors (Lipinski definition) is 3. The average Bonchev–Trinajstić information content (AvgIpc) is 3.25. The van der Waals surface area contributed by atoms with Crippen molar-refractivity contribution in [2.45, 2.75) is 270 Å². The average molecular weight is 854 g/mol. The number of allylic oxidation sites excluding steroid dienone is 10. The van der Waals surface area contributed by atoms with Crippen LogP contribution < -0.4 is 5.32 Å². The zero-order valence-electron chi connectivity index (χ0n) is 40.3. The summed E-state index contributed by atoms with van der Waals surface area (Å²) in [4.78, 5) is 26.1. The summed E-state index contributed by atoms with van der Waals surface area (Å²) in [6, 6.07) is -0.720. The highest BCUT2D eigenvalue weighted by atomic mass is 16.5. The molecule has 6 nitrogen and oxygen atoms in total. The SMILES string of the molecule is CCCCCCC/C=C/C=C/C=C/CCCCCCCC(=O)OC(CCC/C=C/C=C/CCCCCCCCC)CC(=O)NC(CO)C(O)CCCCCCCCCCCC. The predicted molar refractivity (Wildman–Crippen MR) is 264 cm³/mol. The van der Waals surface area contributed by atoms with Crippen LogP contribution in [0.5, 0.6) is 0 Å². The van der Waals surface area contributed by atoms with E-state index in [-0.39, 0.29) is 24.9 Å². The molecule has 0 saturated carbocycles. The predicted octanol–water partition coefficient (Wildman–Crippen LogP) is 15.6. The van der Waals surface area contributed by atoms with Crippen LogP contribution in [0.2, 0.25) is 0 Å². The lowest BCUT2D eigenvalue weighted by atomic mass is 10.0. The minimum atomic E-state index is -0.803. The molecule has 0 heterocycles. The Bertz CT molecular complexity index is 1090. The topological polar surface area (TPSA) is 95.9 Å². The molecule has 3 N–H and O–H groups in total. The van der Waals surface area contributed by atoms with Gasteiger partial charge in [0.05, 0.1) is 25.2 Å². The van der Waals surface area contributed by atoms with Crippen LogP contribution in [-0.4, -0.2) is 46.9 Å². The minimum absolute atomic E-state index is 0.0351. The number of rotatable bonds is 46. The van der Waals surface area contributed by atoms with Crippen molar-refractivity contribution < 1.29 is 24.5 Å². The third-order valence-corrected chi connectivity index (χ3v) is 11.7. The Morgan fingerprint density at radius 2 is 0.852 bits per heavy atom. The van der Waals surface area contributed by atoms with Crippen molar-refractivity contribution in [1.29, 1.82) is 0 Å². The van der Waals surface area contributed by atoms with Crippen molar-refractivity contribution in [2.24, 2.45) is 0 Å². The second kappa shape index (κ2) is 48.6. The summed E-state index contributed by atoms with van der Waals surface area (Å²) in [5, 5.41) is 23.7. The lowest BCUT2D eigenvalue weighted by Gasteiger charge is -2.24. The number of hydrogen-bond acceptors (Lipinski definition) is 5. The molecule has 354 valence electrons. The van der Waals surface area contributed by atoms with Crippen molar-refractivity contribution in [3.8, 4) is 0 Å². The van der Waals surface area contributed by atoms with Crippen LogP contribution in [0, 0.1) is 0 Å². The van der Waals surface area contributed by atoms with E-state index < -0.39 is 18.2 Å². The molecule has 0 fully saturated rings. The molecule has 0 rings (SSSR count). The fourth-order valence-corrected chi connectivity index (χ4v) is 7.66. The lowest BCUT2D eigenvalue weighted by molar-refractivity contribution is -0.151. The number of nitrogens with one attached hydrogen (secondary N) is 1. The summed E-state index contributed by atoms with van der Waals surface area (Å²) in [6.07, 6.45) is 60.0. The number of aliphatic hydroxyl groups excluding tert-OH is 2. The summed E-state index contributed by atoms with van der Waals surface area (Å²) in [5.74, 6) is -0.543. The maximum atomic E-state index is 13.2. The summed E-state index contributed by atoms with van der Waals surface area (Å²) in [5.41, 5.74) is 0. The van der Waals surface area contributed by atoms with Gasteiger partial charge in [-0.2, -0.15) is 0 Å². The molecule has 0 saturated heterocycles. The van der Waals surface area contributed by atoms with Gasteiger partial charge in [0.1, 0.15) is 6.10 Å². The van der Waals surface area contributed by atoms with Gasteiger partial charge in [-0.1, -0.05) is 229 Å². The van der Waals surface area contributed by atoms with E-state index >= 15 is 0 Å². The van der Waals surface area contributed by atoms with Gasteiger partial charge < -0.3 is 20.3 Å². The first-order valence-electron chi connectivity index (χ1n) is 26.1. The van der Waals surface area contributed by atoms with Gasteiger partial charge in [0.25, 0.3) is 0 Å². The second-order valence-corrected chi connectivity index (χ2v) is 17.7. The number of aliphatic hydroxyl groups is 2. The number of amides is 1. The van der Waals surface area contributed by atoms with Gasteiger partial charge >= 0.3 is 5.97 Å². The maximum Gasteiger partial charge on any atom is 0.306 e. The Morgan fingerprint density at radius 3 is 1.30 bits per heavy atom. The molecule has 0 aromatic rings. The first-order valence-corrected chi connectivity index (χ1v) is 26.1. The zero-order valence-corrected chi connectivity index (χ0v) is 40.3. The molecule has 0 aliphatic heterocycles. The highest BCUT2D eigenvalue weighted by molar-refractivity contribution is 5.77. The van der Waals surface area contributed by atoms with E-state index in [4.69, 9.17) is 4.74 Å². The van der Waals surface area contributed by atoms with Gasteiger partial charge in [-0.15, -0.1) is 0 Å². The number of carbonyl (C=O) groups is 2. The maximum absolute atomic E-state index is 13.2. The highest BCUT2D eigenvalue weighted by Crippen LogP contribution is 2.16. The fourth-order valence-electron chi connectivity index (χ4n) is 7.66. The quantitative estimate of drug-likeness (QED) is 0.0322. The number of ether oxygens (including phenoxy) is 1. The molecule has 0 spiro atoms. The van der Waals surface area contributed by atoms with E-state index in [0.29, 0.717) is 19.3 Å². The molecule has 0 aromatic carbocycles. The molecule has 0 aliphatic carbocycles. The lowest BCUT2D eigenvalue weighted by Crippen LogP contribution is -2.46. The van der Waals surface area contributed by atoms with Gasteiger partial charge in [0, 0.05) is 6.42 Å². The Balaban J connectivity index is 4.67. The van der Waals surface area contributed by atoms with Gasteiger partial charge in [-0.3, -0.25) is 9.59 Å². The molecule has 3 atom stereocenters. The molecule has 0 aromatic heterocycles. The van der Waals surface area contributed by atoms with E-state index in [1.54, 1.807) is 0 Å². The van der Waals surface area contributed by atoms with Gasteiger partial charge in [-0.25, -0.2) is 0 Å². The van der Waals surface area contributed by atoms with Crippen LogP contribution in [0.1, 0.15) is 252 Å². The minimum Gasteiger partial charge on any atom is -0.462 e. The molecule has 6 heteroatoms. The molecule has 1 amide bonds. The summed E-state index contributed by atoms with van der Waals surface area (Å²) in [6.45, 7) is 6.43. The molecule has 0 aliphatic rings. The highest BCUT2D eigenvalue weighted by Gasteiger charge is 2.24. The molecule has 0 bridgehead atoms. The monoisotopic (exact) mass is 854 g/mol. The first kappa shape index (κ1) is 58.6. The smallest absolute Gasteiger partial charge is 0.306 e. The van der Waals surface area contributed by atoms with E-state index in [1.807, 2.05) is 0 Å². The summed E-state index contributed by atoms with van der Waals surface area (Å²) >= 11 is 0. The summed E-state index contributed by atoms with van der Waals surface area (Å²) < 4.78 is 5.90. The fraction of sp³-hybridized carbons (Fsp3) is 0.782. The van der Waals surface area contributed by atoms with Crippen LogP contribution in [0.15, 0.2) is 60.8 Å². The van der Waals surface area contributed by atoms with E-state index in [0.717, 1.165) is 77.0 Å². The standard InChI is InChI=1S/C55H99NO5/c1-4-7-10-13-16-19-22-24-26-27-28-29-31-33-36-39-42-45-48-55(60)61-51(46-43-40-37-34-32-30-25-23-20-17-14-11-8-5-2)49-54(59)56-52(50-57)53(58)47-44-41-38-35-21-18-15-12-9-6-3/h22,24,26-30,32,34,37,51-53,57-58H,4-21,23,25,31,33,35-36,38-50H2,1-3H3,(H,56,59)/b24-22+,27-26+,29-28+,32-30+,37-34+. The molecule has 61 heavy (non-hydrogen) atoms. The van der Waals surface area contributed by atoms with Gasteiger partial charge in [0.2, 0.25) is 5.91 Å². The summed E-state index contributed by atoms with van der Waals surface area (Å²) in [7, 11) is 0. The number of carbonyl (C=O) groups excluding carboxylic acids is 2. The van der Waals surface area contributed by atoms with Crippen molar-refractivity contribution in [3.05, 3.63) is 60.8 Å². The van der Waals surface area contributed by atoms with E-state index in [9.17, 15) is 19.8 Å². The van der Waals surface area contributed by atoms with Crippen LogP contribution in [-0.2, 0) is 14.3 Å². The van der Waals surface area contributed by atoms with Crippen molar-refractivity contribution >= 4 is 11.9 Å². The largest absolute Gasteiger partial charge is 0.462 e. The Labute approximate surface area is 378 Å². The van der Waals surface area contributed by atoms with Crippen molar-refractivity contribution in [2.75, 3.05) is 6.61 Å². The Kier molecular flexibility index (Phi) is 46.6. The molecule has 0 radical (unpaired) electrons. The molecular weight excluding hydrogens is 755 g/mol. The van der Waals surface area contributed by atoms with Crippen LogP contribution in [0.4, 0.5) is 0 Å². The molecular formula is C55H99NO5. The van der Waals surface area contributed by atoms with Gasteiger partial charge in [0.15, 0.2) is 0 Å². The number of esters is 1. The zero-order chi connectivity index (χ0) is 44.5. The number of unbranched alkanes of at least 4 members (excludes halogenated alkanes) is 27. The second-order valence-electron chi connectivity index (χ2n) is 17.7. The van der Waals surface area contributed by atoms with Crippen molar-refractivity contribution in [3.63, 3.8) is 0 Å².